The Morgan fingerprint density at radius 1 is 0.947 bits per heavy atom. The van der Waals surface area contributed by atoms with E-state index in [1.807, 2.05) is 36.4 Å². The van der Waals surface area contributed by atoms with Crippen LogP contribution in [-0.2, 0) is 15.0 Å². The van der Waals surface area contributed by atoms with E-state index in [4.69, 9.17) is 9.15 Å². The lowest BCUT2D eigenvalue weighted by atomic mass is 9.55. The van der Waals surface area contributed by atoms with Crippen molar-refractivity contribution in [2.75, 3.05) is 0 Å². The Morgan fingerprint density at radius 3 is 2.26 bits per heavy atom. The molecule has 0 radical (unpaired) electrons. The fourth-order valence-corrected chi connectivity index (χ4v) is 5.15. The molecule has 1 aromatic heterocycles. The second-order valence-electron chi connectivity index (χ2n) is 9.11. The molecule has 1 aliphatic carbocycles. The lowest BCUT2D eigenvalue weighted by Gasteiger charge is -2.47. The molecule has 6 nitrogen and oxygen atoms in total. The van der Waals surface area contributed by atoms with Gasteiger partial charge in [-0.05, 0) is 60.4 Å². The van der Waals surface area contributed by atoms with E-state index in [2.05, 4.69) is 50.7 Å². The van der Waals surface area contributed by atoms with E-state index in [-0.39, 0.29) is 17.2 Å². The fourth-order valence-electron chi connectivity index (χ4n) is 4.77. The molecule has 1 aliphatic rings. The van der Waals surface area contributed by atoms with Crippen molar-refractivity contribution in [1.29, 1.82) is 0 Å². The molecule has 0 spiro atoms. The number of halogens is 1. The summed E-state index contributed by atoms with van der Waals surface area (Å²) >= 11 is 3.42. The maximum atomic E-state index is 13.0. The van der Waals surface area contributed by atoms with Gasteiger partial charge in [-0.3, -0.25) is 4.79 Å². The molecule has 190 valence electrons. The van der Waals surface area contributed by atoms with Gasteiger partial charge in [-0.15, -0.1) is 0 Å². The number of carbonyl (C=O) groups is 2. The van der Waals surface area contributed by atoms with Crippen LogP contribution in [0.2, 0.25) is 0 Å². The Kier molecular flexibility index (Phi) is 7.65. The molecule has 0 aliphatic heterocycles. The first kappa shape index (κ1) is 25.4. The van der Waals surface area contributed by atoms with Gasteiger partial charge in [0.1, 0.15) is 11.5 Å². The van der Waals surface area contributed by atoms with Crippen LogP contribution in [0, 0.1) is 5.92 Å². The summed E-state index contributed by atoms with van der Waals surface area (Å²) in [5, 5.41) is 4.16. The molecule has 1 heterocycles. The van der Waals surface area contributed by atoms with Gasteiger partial charge in [0.05, 0.1) is 12.5 Å². The summed E-state index contributed by atoms with van der Waals surface area (Å²) in [5.74, 6) is -0.00860. The largest absolute Gasteiger partial charge is 0.465 e. The van der Waals surface area contributed by atoms with Crippen LogP contribution in [0.1, 0.15) is 35.3 Å². The number of hydrazone groups is 1. The Hall–Kier alpha value is -4.23. The fraction of sp³-hybridized carbons (Fsp3) is 0.129. The summed E-state index contributed by atoms with van der Waals surface area (Å²) in [4.78, 5) is 25.2. The molecule has 4 aromatic rings. The van der Waals surface area contributed by atoms with E-state index in [0.29, 0.717) is 29.9 Å². The Labute approximate surface area is 229 Å². The van der Waals surface area contributed by atoms with Crippen molar-refractivity contribution >= 4 is 40.1 Å². The zero-order chi connectivity index (χ0) is 26.4. The molecule has 0 saturated heterocycles. The molecule has 0 bridgehead atoms. The summed E-state index contributed by atoms with van der Waals surface area (Å²) in [7, 11) is 0. The minimum Gasteiger partial charge on any atom is -0.465 e. The van der Waals surface area contributed by atoms with Gasteiger partial charge in [-0.1, -0.05) is 76.6 Å². The van der Waals surface area contributed by atoms with Crippen LogP contribution in [0.25, 0.3) is 6.08 Å². The van der Waals surface area contributed by atoms with Gasteiger partial charge in [-0.25, -0.2) is 10.2 Å². The number of nitrogens with one attached hydrogen (secondary N) is 1. The summed E-state index contributed by atoms with van der Waals surface area (Å²) in [6, 6.07) is 29.3. The number of esters is 1. The van der Waals surface area contributed by atoms with Gasteiger partial charge in [0.2, 0.25) is 5.91 Å². The number of amides is 1. The average Bonchev–Trinajstić information content (AvgIpc) is 3.44. The summed E-state index contributed by atoms with van der Waals surface area (Å²) in [6.45, 7) is 0. The third-order valence-corrected chi connectivity index (χ3v) is 7.19. The third kappa shape index (κ3) is 5.68. The Morgan fingerprint density at radius 2 is 1.63 bits per heavy atom. The standard InChI is InChI=1S/C31H25BrN2O4/c32-26-13-15-28(38-29(35)16-14-27-12-7-17-37-27)22(18-26)21-33-34-30(36)23-19-31(20-23,24-8-3-1-4-9-24)25-10-5-2-6-11-25/h1-18,21,23H,19-20H2,(H,34,36)/b16-14+,33-21+. The highest BCUT2D eigenvalue weighted by molar-refractivity contribution is 9.10. The van der Waals surface area contributed by atoms with Gasteiger partial charge in [0.25, 0.3) is 0 Å². The van der Waals surface area contributed by atoms with Crippen molar-refractivity contribution in [3.8, 4) is 5.75 Å². The Balaban J connectivity index is 1.24. The lowest BCUT2D eigenvalue weighted by molar-refractivity contribution is -0.130. The van der Waals surface area contributed by atoms with Gasteiger partial charge in [0, 0.05) is 27.4 Å². The Bertz CT molecular complexity index is 1420. The van der Waals surface area contributed by atoms with Crippen molar-refractivity contribution in [3.05, 3.63) is 130 Å². The van der Waals surface area contributed by atoms with Crippen molar-refractivity contribution < 1.29 is 18.7 Å². The van der Waals surface area contributed by atoms with E-state index in [1.165, 1.54) is 35.8 Å². The summed E-state index contributed by atoms with van der Waals surface area (Å²) in [6.07, 6.45) is 7.20. The molecule has 1 amide bonds. The van der Waals surface area contributed by atoms with Crippen molar-refractivity contribution in [2.45, 2.75) is 18.3 Å². The number of furan rings is 1. The maximum absolute atomic E-state index is 13.0. The molecule has 3 aromatic carbocycles. The topological polar surface area (TPSA) is 80.9 Å². The van der Waals surface area contributed by atoms with E-state index < -0.39 is 5.97 Å². The van der Waals surface area contributed by atoms with E-state index in [9.17, 15) is 9.59 Å². The van der Waals surface area contributed by atoms with Gasteiger partial charge in [0.15, 0.2) is 0 Å². The zero-order valence-corrected chi connectivity index (χ0v) is 22.0. The molecule has 1 fully saturated rings. The molecule has 38 heavy (non-hydrogen) atoms. The van der Waals surface area contributed by atoms with Gasteiger partial charge in [-0.2, -0.15) is 5.10 Å². The SMILES string of the molecule is O=C(/C=C/c1ccco1)Oc1ccc(Br)cc1/C=N/NC(=O)C1CC(c2ccccc2)(c2ccccc2)C1. The van der Waals surface area contributed by atoms with Crippen LogP contribution in [0.15, 0.2) is 117 Å². The smallest absolute Gasteiger partial charge is 0.336 e. The quantitative estimate of drug-likeness (QED) is 0.0863. The summed E-state index contributed by atoms with van der Waals surface area (Å²) in [5.41, 5.74) is 5.43. The number of rotatable bonds is 8. The van der Waals surface area contributed by atoms with Gasteiger partial charge >= 0.3 is 5.97 Å². The predicted molar refractivity (Wildman–Crippen MR) is 150 cm³/mol. The van der Waals surface area contributed by atoms with Gasteiger partial charge < -0.3 is 9.15 Å². The second-order valence-corrected chi connectivity index (χ2v) is 10.0. The number of hydrogen-bond donors (Lipinski definition) is 1. The highest BCUT2D eigenvalue weighted by Gasteiger charge is 2.49. The second kappa shape index (κ2) is 11.4. The third-order valence-electron chi connectivity index (χ3n) is 6.70. The van der Waals surface area contributed by atoms with E-state index in [1.54, 1.807) is 30.3 Å². The zero-order valence-electron chi connectivity index (χ0n) is 20.4. The molecule has 1 N–H and O–H groups in total. The van der Waals surface area contributed by atoms with E-state index in [0.717, 1.165) is 4.47 Å². The average molecular weight is 569 g/mol. The summed E-state index contributed by atoms with van der Waals surface area (Å²) < 4.78 is 11.4. The number of benzene rings is 3. The highest BCUT2D eigenvalue weighted by atomic mass is 79.9. The molecular weight excluding hydrogens is 544 g/mol. The van der Waals surface area contributed by atoms with Crippen LogP contribution < -0.4 is 10.2 Å². The predicted octanol–water partition coefficient (Wildman–Crippen LogP) is 6.51. The molecular formula is C31H25BrN2O4. The first-order valence-corrected chi connectivity index (χ1v) is 13.0. The first-order valence-electron chi connectivity index (χ1n) is 12.2. The highest BCUT2D eigenvalue weighted by Crippen LogP contribution is 2.52. The van der Waals surface area contributed by atoms with Crippen molar-refractivity contribution in [3.63, 3.8) is 0 Å². The van der Waals surface area contributed by atoms with Crippen LogP contribution in [0.3, 0.4) is 0 Å². The van der Waals surface area contributed by atoms with E-state index >= 15 is 0 Å². The molecule has 7 heteroatoms. The number of carbonyl (C=O) groups excluding carboxylic acids is 2. The lowest BCUT2D eigenvalue weighted by Crippen LogP contribution is -2.48. The normalized spacial score (nSPS) is 14.9. The maximum Gasteiger partial charge on any atom is 0.336 e. The van der Waals surface area contributed by atoms with Crippen molar-refractivity contribution in [1.82, 2.24) is 5.43 Å². The van der Waals surface area contributed by atoms with Crippen molar-refractivity contribution in [2.24, 2.45) is 11.0 Å². The first-order chi connectivity index (χ1) is 18.5. The van der Waals surface area contributed by atoms with Crippen LogP contribution in [0.5, 0.6) is 5.75 Å². The number of nitrogens with zero attached hydrogens (tertiary/aromatic N) is 1. The van der Waals surface area contributed by atoms with Crippen LogP contribution >= 0.6 is 15.9 Å². The monoisotopic (exact) mass is 568 g/mol. The molecule has 0 atom stereocenters. The molecule has 1 saturated carbocycles. The minimum absolute atomic E-state index is 0.140. The molecule has 5 rings (SSSR count). The minimum atomic E-state index is -0.560. The number of ether oxygens (including phenoxy) is 1. The van der Waals surface area contributed by atoms with Crippen LogP contribution in [-0.4, -0.2) is 18.1 Å². The molecule has 0 unspecified atom stereocenters. The van der Waals surface area contributed by atoms with Crippen LogP contribution in [0.4, 0.5) is 0 Å². The number of hydrogen-bond acceptors (Lipinski definition) is 5.